The number of unbranched alkanes of at least 4 members (excludes halogenated alkanes) is 7. The normalized spacial score (nSPS) is 20.3. The molecule has 4 aromatic rings. The van der Waals surface area contributed by atoms with Gasteiger partial charge in [-0.05, 0) is 79.8 Å². The van der Waals surface area contributed by atoms with Crippen LogP contribution in [0.5, 0.6) is 0 Å². The number of aliphatic hydroxyl groups excluding tert-OH is 2. The third kappa shape index (κ3) is 14.0. The number of amides is 3. The third-order valence-electron chi connectivity index (χ3n) is 14.8. The van der Waals surface area contributed by atoms with Gasteiger partial charge in [0.15, 0.2) is 0 Å². The van der Waals surface area contributed by atoms with Crippen molar-refractivity contribution in [2.45, 2.75) is 154 Å². The summed E-state index contributed by atoms with van der Waals surface area (Å²) in [5, 5.41) is 32.1. The topological polar surface area (TPSA) is 176 Å². The zero-order valence-corrected chi connectivity index (χ0v) is 44.9. The summed E-state index contributed by atoms with van der Waals surface area (Å²) in [5.74, 6) is 0.527. The maximum absolute atomic E-state index is 14.2. The number of carbonyl (C=O) groups excluding carboxylic acids is 3. The Balaban J connectivity index is 0.780. The summed E-state index contributed by atoms with van der Waals surface area (Å²) in [7, 11) is 0. The van der Waals surface area contributed by atoms with Crippen molar-refractivity contribution < 1.29 is 24.6 Å². The number of hydrogen-bond donors (Lipinski definition) is 5. The highest BCUT2D eigenvalue weighted by Crippen LogP contribution is 2.43. The van der Waals surface area contributed by atoms with E-state index in [1.807, 2.05) is 62.4 Å². The van der Waals surface area contributed by atoms with Crippen molar-refractivity contribution in [3.8, 4) is 10.4 Å². The largest absolute Gasteiger partial charge is 0.391 e. The van der Waals surface area contributed by atoms with Crippen LogP contribution in [0.4, 0.5) is 5.82 Å². The molecule has 72 heavy (non-hydrogen) atoms. The number of aryl methyl sites for hydroxylation is 1. The number of fused-ring (bicyclic) bond motifs is 1. The molecule has 2 aromatic carbocycles. The monoisotopic (exact) mass is 1020 g/mol. The summed E-state index contributed by atoms with van der Waals surface area (Å²) in [5.41, 5.74) is 7.92. The number of benzene rings is 2. The predicted octanol–water partition coefficient (Wildman–Crippen LogP) is 8.99. The first-order valence-corrected chi connectivity index (χ1v) is 27.5. The number of hydrogen-bond acceptors (Lipinski definition) is 12. The lowest BCUT2D eigenvalue weighted by Crippen LogP contribution is -2.56. The van der Waals surface area contributed by atoms with Crippen LogP contribution >= 0.6 is 22.9 Å². The van der Waals surface area contributed by atoms with E-state index in [9.17, 15) is 24.6 Å². The number of aromatic nitrogens is 3. The van der Waals surface area contributed by atoms with E-state index in [4.69, 9.17) is 11.6 Å². The van der Waals surface area contributed by atoms with Crippen molar-refractivity contribution in [2.75, 3.05) is 50.7 Å². The highest BCUT2D eigenvalue weighted by molar-refractivity contribution is 7.13. The first-order chi connectivity index (χ1) is 34.5. The van der Waals surface area contributed by atoms with Crippen LogP contribution in [0.15, 0.2) is 72.6 Å². The summed E-state index contributed by atoms with van der Waals surface area (Å²) >= 11 is 7.87. The molecule has 5 N–H and O–H groups in total. The molecule has 14 nitrogen and oxygen atoms in total. The molecule has 2 aliphatic heterocycles. The van der Waals surface area contributed by atoms with Gasteiger partial charge in [0.25, 0.3) is 0 Å². The van der Waals surface area contributed by atoms with Gasteiger partial charge in [-0.3, -0.25) is 14.4 Å². The second kappa shape index (κ2) is 25.3. The number of nitrogens with one attached hydrogen (secondary N) is 3. The average molecular weight is 1020 g/mol. The Kier molecular flexibility index (Phi) is 19.3. The molecule has 2 saturated heterocycles. The van der Waals surface area contributed by atoms with Gasteiger partial charge in [-0.2, -0.15) is 0 Å². The molecule has 7 atom stereocenters. The van der Waals surface area contributed by atoms with Crippen LogP contribution in [0, 0.1) is 12.3 Å². The molecule has 4 heterocycles. The second-order valence-electron chi connectivity index (χ2n) is 21.4. The molecular weight excluding hydrogens is 946 g/mol. The summed E-state index contributed by atoms with van der Waals surface area (Å²) in [6.45, 7) is 20.5. The lowest BCUT2D eigenvalue weighted by molar-refractivity contribution is -0.140. The molecular formula is C56H78ClN9O5S. The van der Waals surface area contributed by atoms with Crippen LogP contribution < -0.4 is 20.9 Å². The summed E-state index contributed by atoms with van der Waals surface area (Å²) in [6, 6.07) is 14.8. The van der Waals surface area contributed by atoms with Crippen LogP contribution in [0.3, 0.4) is 0 Å². The second-order valence-corrected chi connectivity index (χ2v) is 22.7. The molecule has 7 rings (SSSR count). The minimum absolute atomic E-state index is 0.0743. The molecule has 0 radical (unpaired) electrons. The van der Waals surface area contributed by atoms with Gasteiger partial charge in [0.2, 0.25) is 17.7 Å². The first-order valence-electron chi connectivity index (χ1n) is 26.3. The number of rotatable bonds is 23. The molecule has 1 aliphatic carbocycles. The average Bonchev–Trinajstić information content (AvgIpc) is 4.07. The molecule has 0 unspecified atom stereocenters. The fourth-order valence-electron chi connectivity index (χ4n) is 10.6. The number of nitrogens with zero attached hydrogens (tertiary/aromatic N) is 6. The van der Waals surface area contributed by atoms with E-state index in [0.29, 0.717) is 62.7 Å². The molecule has 0 spiro atoms. The molecule has 2 aromatic heterocycles. The van der Waals surface area contributed by atoms with Crippen LogP contribution in [-0.2, 0) is 14.4 Å². The standard InChI is InChI=1S/C56H78ClN9O5S/c1-36-30-47(68)50-49(36)53(60-34-59-50)64-26-28-65(29-27-64)54(70)45(41-21-23-43(57)24-22-41)32-58-25-15-13-11-9-8-10-12-14-16-48(69)63-52(56(5,6)7)55(71)66-33-44(67)31-46(66)38(3)62-37(2)40-17-19-42(20-18-40)51-39(4)61-35-72-51/h17-24,34-37,44-47,52,58,62,67-68H,3,8-16,25-33H2,1-2,4-7H3,(H,63,69)/t36-,37+,44-,45-,46+,47-,52-/m1/s1. The van der Waals surface area contributed by atoms with Crippen LogP contribution in [-0.4, -0.2) is 117 Å². The number of carbonyl (C=O) groups is 3. The van der Waals surface area contributed by atoms with Crippen molar-refractivity contribution in [3.63, 3.8) is 0 Å². The molecule has 16 heteroatoms. The Morgan fingerprint density at radius 3 is 2.15 bits per heavy atom. The third-order valence-corrected chi connectivity index (χ3v) is 16.0. The highest BCUT2D eigenvalue weighted by atomic mass is 35.5. The van der Waals surface area contributed by atoms with E-state index >= 15 is 0 Å². The van der Waals surface area contributed by atoms with Gasteiger partial charge in [0, 0.05) is 74.4 Å². The Morgan fingerprint density at radius 1 is 0.847 bits per heavy atom. The lowest BCUT2D eigenvalue weighted by atomic mass is 9.85. The van der Waals surface area contributed by atoms with E-state index < -0.39 is 29.7 Å². The van der Waals surface area contributed by atoms with E-state index in [0.717, 1.165) is 102 Å². The number of likely N-dealkylation sites (tertiary alicyclic amines) is 1. The predicted molar refractivity (Wildman–Crippen MR) is 288 cm³/mol. The Hall–Kier alpha value is -4.93. The fraction of sp³-hybridized carbons (Fsp3) is 0.571. The van der Waals surface area contributed by atoms with Crippen molar-refractivity contribution in [2.24, 2.45) is 5.41 Å². The Morgan fingerprint density at radius 2 is 1.50 bits per heavy atom. The summed E-state index contributed by atoms with van der Waals surface area (Å²) in [6.07, 6.45) is 9.93. The van der Waals surface area contributed by atoms with Crippen molar-refractivity contribution >= 4 is 46.5 Å². The Labute approximate surface area is 436 Å². The molecule has 3 aliphatic rings. The zero-order chi connectivity index (χ0) is 51.5. The fourth-order valence-corrected chi connectivity index (χ4v) is 11.5. The Bertz CT molecular complexity index is 2440. The summed E-state index contributed by atoms with van der Waals surface area (Å²) < 4.78 is 0. The number of aliphatic hydroxyl groups is 2. The smallest absolute Gasteiger partial charge is 0.246 e. The number of piperazine rings is 1. The first kappa shape index (κ1) is 54.8. The molecule has 0 saturated carbocycles. The van der Waals surface area contributed by atoms with E-state index in [2.05, 4.69) is 80.5 Å². The number of anilines is 1. The molecule has 2 fully saturated rings. The van der Waals surface area contributed by atoms with Crippen LogP contribution in [0.25, 0.3) is 10.4 Å². The zero-order valence-electron chi connectivity index (χ0n) is 43.3. The lowest BCUT2D eigenvalue weighted by Gasteiger charge is -2.38. The van der Waals surface area contributed by atoms with Crippen LogP contribution in [0.2, 0.25) is 5.02 Å². The minimum atomic E-state index is -0.746. The van der Waals surface area contributed by atoms with Crippen molar-refractivity contribution in [1.29, 1.82) is 0 Å². The molecule has 0 bridgehead atoms. The maximum Gasteiger partial charge on any atom is 0.246 e. The number of thiazole rings is 1. The van der Waals surface area contributed by atoms with Gasteiger partial charge in [0.1, 0.15) is 18.2 Å². The van der Waals surface area contributed by atoms with Gasteiger partial charge >= 0.3 is 0 Å². The number of β-amino-alcohol motifs (C(OH)–C–C–N with tert-alkyl or cyclic N) is 1. The summed E-state index contributed by atoms with van der Waals surface area (Å²) in [4.78, 5) is 62.1. The van der Waals surface area contributed by atoms with E-state index in [1.165, 1.54) is 0 Å². The maximum atomic E-state index is 14.2. The van der Waals surface area contributed by atoms with E-state index in [1.54, 1.807) is 22.6 Å². The SMILES string of the molecule is C=C(N[C@@H](C)c1ccc(-c2scnc2C)cc1)[C@@H]1C[C@@H](O)CN1C(=O)[C@@H](NC(=O)CCCCCCCCCCNC[C@@H](C(=O)N1CCN(c2ncnc3c2[C@H](C)C[C@H]3O)CC1)c1ccc(Cl)cc1)C(C)(C)C. The molecule has 390 valence electrons. The van der Waals surface area contributed by atoms with E-state index in [-0.39, 0.29) is 42.1 Å². The highest BCUT2D eigenvalue weighted by Gasteiger charge is 2.43. The van der Waals surface area contributed by atoms with Gasteiger partial charge in [-0.15, -0.1) is 11.3 Å². The minimum Gasteiger partial charge on any atom is -0.391 e. The quantitative estimate of drug-likeness (QED) is 0.0449. The van der Waals surface area contributed by atoms with Gasteiger partial charge in [0.05, 0.1) is 45.9 Å². The van der Waals surface area contributed by atoms with Gasteiger partial charge in [-0.25, -0.2) is 15.0 Å². The van der Waals surface area contributed by atoms with Gasteiger partial charge in [-0.1, -0.05) is 121 Å². The molecule has 3 amide bonds. The van der Waals surface area contributed by atoms with Crippen LogP contribution in [0.1, 0.15) is 157 Å². The van der Waals surface area contributed by atoms with Gasteiger partial charge < -0.3 is 40.9 Å². The number of halogens is 1. The van der Waals surface area contributed by atoms with Crippen molar-refractivity contribution in [1.82, 2.24) is 40.7 Å². The van der Waals surface area contributed by atoms with Crippen molar-refractivity contribution in [3.05, 3.63) is 106 Å².